The van der Waals surface area contributed by atoms with Crippen molar-refractivity contribution in [3.05, 3.63) is 95.1 Å². The third-order valence-electron chi connectivity index (χ3n) is 5.81. The summed E-state index contributed by atoms with van der Waals surface area (Å²) in [5.74, 6) is -1.26. The Kier molecular flexibility index (Phi) is 7.28. The van der Waals surface area contributed by atoms with Crippen LogP contribution < -0.4 is 5.32 Å². The zero-order chi connectivity index (χ0) is 23.9. The molecule has 172 valence electrons. The summed E-state index contributed by atoms with van der Waals surface area (Å²) in [7, 11) is 0. The Labute approximate surface area is 197 Å². The lowest BCUT2D eigenvalue weighted by atomic mass is 10.0. The monoisotopic (exact) mass is 455 g/mol. The molecule has 0 heterocycles. The highest BCUT2D eigenvalue weighted by Gasteiger charge is 2.20. The fourth-order valence-corrected chi connectivity index (χ4v) is 3.99. The van der Waals surface area contributed by atoms with Crippen LogP contribution in [0.3, 0.4) is 0 Å². The number of carbonyl (C=O) groups excluding carboxylic acids is 4. The van der Waals surface area contributed by atoms with Crippen LogP contribution in [-0.4, -0.2) is 36.6 Å². The van der Waals surface area contributed by atoms with E-state index in [1.54, 1.807) is 30.3 Å². The number of ether oxygens (including phenoxy) is 1. The second kappa shape index (κ2) is 10.7. The third-order valence-corrected chi connectivity index (χ3v) is 5.81. The molecule has 3 aromatic rings. The molecule has 3 aromatic carbocycles. The van der Waals surface area contributed by atoms with Crippen LogP contribution >= 0.6 is 0 Å². The fraction of sp³-hybridized carbons (Fsp3) is 0.214. The van der Waals surface area contributed by atoms with Crippen molar-refractivity contribution in [1.29, 1.82) is 0 Å². The van der Waals surface area contributed by atoms with E-state index in [2.05, 4.69) is 11.4 Å². The number of rotatable bonds is 10. The van der Waals surface area contributed by atoms with E-state index in [1.807, 2.05) is 36.4 Å². The Hall–Kier alpha value is -4.06. The van der Waals surface area contributed by atoms with Gasteiger partial charge in [-0.3, -0.25) is 19.2 Å². The second-order valence-electron chi connectivity index (χ2n) is 8.18. The highest BCUT2D eigenvalue weighted by atomic mass is 16.5. The maximum absolute atomic E-state index is 12.5. The summed E-state index contributed by atoms with van der Waals surface area (Å²) in [6, 6.07) is 22.4. The van der Waals surface area contributed by atoms with E-state index in [-0.39, 0.29) is 49.9 Å². The maximum Gasteiger partial charge on any atom is 0.308 e. The molecule has 4 rings (SSSR count). The first-order valence-corrected chi connectivity index (χ1v) is 11.3. The Morgan fingerprint density at radius 2 is 1.44 bits per heavy atom. The SMILES string of the molecule is O=C(CCC(=O)c1ccccc1)NCCC(=O)OCC(=O)c1ccc2c(c1)-c1ccccc1C2. The molecule has 0 atom stereocenters. The van der Waals surface area contributed by atoms with Gasteiger partial charge in [0.2, 0.25) is 5.91 Å². The number of benzene rings is 3. The van der Waals surface area contributed by atoms with Crippen molar-refractivity contribution in [1.82, 2.24) is 5.32 Å². The van der Waals surface area contributed by atoms with E-state index in [1.165, 1.54) is 11.1 Å². The number of esters is 1. The zero-order valence-corrected chi connectivity index (χ0v) is 18.7. The van der Waals surface area contributed by atoms with Crippen LogP contribution in [0.5, 0.6) is 0 Å². The fourth-order valence-electron chi connectivity index (χ4n) is 3.99. The first-order valence-electron chi connectivity index (χ1n) is 11.3. The second-order valence-corrected chi connectivity index (χ2v) is 8.18. The first kappa shape index (κ1) is 23.1. The number of ketones is 2. The molecule has 0 bridgehead atoms. The van der Waals surface area contributed by atoms with E-state index in [4.69, 9.17) is 4.74 Å². The van der Waals surface area contributed by atoms with Crippen LogP contribution in [0.1, 0.15) is 51.1 Å². The molecule has 1 aliphatic carbocycles. The number of Topliss-reactive ketones (excluding diaryl/α,β-unsaturated/α-hetero) is 2. The topological polar surface area (TPSA) is 89.5 Å². The van der Waals surface area contributed by atoms with Gasteiger partial charge in [0, 0.05) is 30.5 Å². The number of amides is 1. The molecule has 34 heavy (non-hydrogen) atoms. The highest BCUT2D eigenvalue weighted by Crippen LogP contribution is 2.36. The molecule has 6 nitrogen and oxygen atoms in total. The average Bonchev–Trinajstić information content (AvgIpc) is 3.24. The first-order chi connectivity index (χ1) is 16.5. The molecular weight excluding hydrogens is 430 g/mol. The van der Waals surface area contributed by atoms with E-state index in [9.17, 15) is 19.2 Å². The van der Waals surface area contributed by atoms with Gasteiger partial charge >= 0.3 is 5.97 Å². The van der Waals surface area contributed by atoms with Crippen LogP contribution in [0, 0.1) is 0 Å². The lowest BCUT2D eigenvalue weighted by Gasteiger charge is -2.08. The van der Waals surface area contributed by atoms with Crippen molar-refractivity contribution in [2.24, 2.45) is 0 Å². The molecule has 0 aliphatic heterocycles. The van der Waals surface area contributed by atoms with Crippen LogP contribution in [0.2, 0.25) is 0 Å². The number of fused-ring (bicyclic) bond motifs is 3. The normalized spacial score (nSPS) is 11.3. The predicted octanol–water partition coefficient (Wildman–Crippen LogP) is 4.15. The van der Waals surface area contributed by atoms with E-state index in [0.29, 0.717) is 11.1 Å². The minimum Gasteiger partial charge on any atom is -0.457 e. The molecule has 6 heteroatoms. The Bertz CT molecular complexity index is 1230. The van der Waals surface area contributed by atoms with Crippen molar-refractivity contribution in [3.63, 3.8) is 0 Å². The molecule has 0 spiro atoms. The number of nitrogens with one attached hydrogen (secondary N) is 1. The van der Waals surface area contributed by atoms with Crippen molar-refractivity contribution in [2.45, 2.75) is 25.7 Å². The van der Waals surface area contributed by atoms with Crippen molar-refractivity contribution >= 4 is 23.4 Å². The molecule has 0 aromatic heterocycles. The minimum absolute atomic E-state index is 0.0444. The number of carbonyl (C=O) groups is 4. The average molecular weight is 456 g/mol. The summed E-state index contributed by atoms with van der Waals surface area (Å²) in [5.41, 5.74) is 5.65. The van der Waals surface area contributed by atoms with Gasteiger partial charge in [0.15, 0.2) is 18.2 Å². The largest absolute Gasteiger partial charge is 0.457 e. The zero-order valence-electron chi connectivity index (χ0n) is 18.7. The van der Waals surface area contributed by atoms with E-state index >= 15 is 0 Å². The molecular formula is C28H25NO5. The number of hydrogen-bond acceptors (Lipinski definition) is 5. The van der Waals surface area contributed by atoms with Gasteiger partial charge in [0.1, 0.15) is 0 Å². The predicted molar refractivity (Wildman–Crippen MR) is 128 cm³/mol. The summed E-state index contributed by atoms with van der Waals surface area (Å²) in [5, 5.41) is 2.60. The van der Waals surface area contributed by atoms with Crippen molar-refractivity contribution in [3.8, 4) is 11.1 Å². The van der Waals surface area contributed by atoms with Crippen LogP contribution in [0.4, 0.5) is 0 Å². The van der Waals surface area contributed by atoms with Crippen LogP contribution in [0.25, 0.3) is 11.1 Å². The summed E-state index contributed by atoms with van der Waals surface area (Å²) in [6.45, 7) is -0.264. The van der Waals surface area contributed by atoms with Gasteiger partial charge in [-0.15, -0.1) is 0 Å². The summed E-state index contributed by atoms with van der Waals surface area (Å²) < 4.78 is 5.09. The molecule has 1 amide bonds. The van der Waals surface area contributed by atoms with Gasteiger partial charge in [-0.05, 0) is 34.7 Å². The lowest BCUT2D eigenvalue weighted by molar-refractivity contribution is -0.142. The van der Waals surface area contributed by atoms with Crippen LogP contribution in [0.15, 0.2) is 72.8 Å². The van der Waals surface area contributed by atoms with Gasteiger partial charge in [0.05, 0.1) is 6.42 Å². The molecule has 0 fully saturated rings. The van der Waals surface area contributed by atoms with Gasteiger partial charge in [0.25, 0.3) is 0 Å². The van der Waals surface area contributed by atoms with Gasteiger partial charge in [-0.2, -0.15) is 0 Å². The smallest absolute Gasteiger partial charge is 0.308 e. The Morgan fingerprint density at radius 3 is 2.26 bits per heavy atom. The molecule has 0 unspecified atom stereocenters. The molecule has 1 N–H and O–H groups in total. The van der Waals surface area contributed by atoms with Gasteiger partial charge in [-0.25, -0.2) is 0 Å². The quantitative estimate of drug-likeness (QED) is 0.287. The Morgan fingerprint density at radius 1 is 0.706 bits per heavy atom. The van der Waals surface area contributed by atoms with Crippen molar-refractivity contribution in [2.75, 3.05) is 13.2 Å². The van der Waals surface area contributed by atoms with Crippen molar-refractivity contribution < 1.29 is 23.9 Å². The standard InChI is InChI=1S/C28H25NO5/c30-25(19-6-2-1-3-7-19)12-13-27(32)29-15-14-28(33)34-18-26(31)22-11-10-21-16-20-8-4-5-9-23(20)24(21)17-22/h1-11,17H,12-16,18H2,(H,29,32). The van der Waals surface area contributed by atoms with Gasteiger partial charge < -0.3 is 10.1 Å². The van der Waals surface area contributed by atoms with Crippen LogP contribution in [-0.2, 0) is 20.7 Å². The lowest BCUT2D eigenvalue weighted by Crippen LogP contribution is -2.27. The minimum atomic E-state index is -0.569. The summed E-state index contributed by atoms with van der Waals surface area (Å²) in [6.07, 6.45) is 0.938. The van der Waals surface area contributed by atoms with E-state index in [0.717, 1.165) is 17.5 Å². The molecule has 0 saturated carbocycles. The molecule has 1 aliphatic rings. The molecule has 0 radical (unpaired) electrons. The third kappa shape index (κ3) is 5.64. The van der Waals surface area contributed by atoms with E-state index < -0.39 is 5.97 Å². The highest BCUT2D eigenvalue weighted by molar-refractivity contribution is 6.00. The number of hydrogen-bond donors (Lipinski definition) is 1. The Balaban J connectivity index is 1.17. The molecule has 0 saturated heterocycles. The summed E-state index contributed by atoms with van der Waals surface area (Å²) in [4.78, 5) is 48.5. The maximum atomic E-state index is 12.5. The van der Waals surface area contributed by atoms with Gasteiger partial charge in [-0.1, -0.05) is 66.7 Å². The summed E-state index contributed by atoms with van der Waals surface area (Å²) >= 11 is 0.